The van der Waals surface area contributed by atoms with Crippen LogP contribution >= 0.6 is 0 Å². The summed E-state index contributed by atoms with van der Waals surface area (Å²) in [6.45, 7) is 7.40. The van der Waals surface area contributed by atoms with Gasteiger partial charge in [0.05, 0.1) is 23.3 Å². The van der Waals surface area contributed by atoms with Crippen molar-refractivity contribution in [1.82, 2.24) is 14.9 Å². The van der Waals surface area contributed by atoms with E-state index >= 15 is 0 Å². The van der Waals surface area contributed by atoms with Gasteiger partial charge in [0.1, 0.15) is 5.60 Å². The number of carbonyl (C=O) groups is 1. The van der Waals surface area contributed by atoms with Gasteiger partial charge in [-0.15, -0.1) is 0 Å². The van der Waals surface area contributed by atoms with Gasteiger partial charge >= 0.3 is 6.09 Å². The Bertz CT molecular complexity index is 929. The summed E-state index contributed by atoms with van der Waals surface area (Å²) in [6.07, 6.45) is 5.33. The predicted molar refractivity (Wildman–Crippen MR) is 109 cm³/mol. The third-order valence-electron chi connectivity index (χ3n) is 5.55. The number of anilines is 1. The van der Waals surface area contributed by atoms with Crippen molar-refractivity contribution < 1.29 is 9.53 Å². The van der Waals surface area contributed by atoms with Gasteiger partial charge in [-0.2, -0.15) is 0 Å². The molecule has 1 atom stereocenters. The predicted octanol–water partition coefficient (Wildman–Crippen LogP) is 3.29. The number of H-pyrrole nitrogens is 1. The Morgan fingerprint density at radius 1 is 1.25 bits per heavy atom. The van der Waals surface area contributed by atoms with Crippen LogP contribution < -0.4 is 10.5 Å². The molecule has 2 aliphatic rings. The molecular formula is C21H28N4O3. The van der Waals surface area contributed by atoms with Crippen LogP contribution in [0.5, 0.6) is 0 Å². The summed E-state index contributed by atoms with van der Waals surface area (Å²) >= 11 is 0. The standard InChI is InChI=1S/C21H28N4O3/c1-21(2,3)28-20(27)25(14-5-4-6-14)16-9-10-24(13-16)15-7-8-17-18(11-15)22-12-19(26)23-17/h7-8,11-12,14,16H,4-6,9-10,13H2,1-3H3,(H,23,26)/t16-/m1/s1. The van der Waals surface area contributed by atoms with E-state index in [2.05, 4.69) is 14.9 Å². The van der Waals surface area contributed by atoms with Crippen LogP contribution in [0.2, 0.25) is 0 Å². The molecule has 28 heavy (non-hydrogen) atoms. The lowest BCUT2D eigenvalue weighted by Crippen LogP contribution is -2.52. The quantitative estimate of drug-likeness (QED) is 0.878. The van der Waals surface area contributed by atoms with Gasteiger partial charge in [-0.05, 0) is 64.7 Å². The minimum atomic E-state index is -0.488. The van der Waals surface area contributed by atoms with E-state index in [1.54, 1.807) is 0 Å². The van der Waals surface area contributed by atoms with E-state index in [1.807, 2.05) is 43.9 Å². The largest absolute Gasteiger partial charge is 0.444 e. The van der Waals surface area contributed by atoms with Gasteiger partial charge in [-0.3, -0.25) is 4.79 Å². The van der Waals surface area contributed by atoms with E-state index in [1.165, 1.54) is 12.6 Å². The third-order valence-corrected chi connectivity index (χ3v) is 5.55. The second-order valence-corrected chi connectivity index (χ2v) is 8.81. The third kappa shape index (κ3) is 3.84. The first kappa shape index (κ1) is 18.8. The molecule has 2 heterocycles. The molecule has 1 aliphatic heterocycles. The molecule has 4 rings (SSSR count). The minimum Gasteiger partial charge on any atom is -0.444 e. The molecule has 0 bridgehead atoms. The Morgan fingerprint density at radius 2 is 2.04 bits per heavy atom. The first-order valence-electron chi connectivity index (χ1n) is 10.1. The van der Waals surface area contributed by atoms with E-state index in [4.69, 9.17) is 4.74 Å². The van der Waals surface area contributed by atoms with E-state index in [9.17, 15) is 9.59 Å². The lowest BCUT2D eigenvalue weighted by Gasteiger charge is -2.41. The second-order valence-electron chi connectivity index (χ2n) is 8.81. The van der Waals surface area contributed by atoms with E-state index in [0.29, 0.717) is 6.04 Å². The number of nitrogens with zero attached hydrogens (tertiary/aromatic N) is 3. The first-order valence-corrected chi connectivity index (χ1v) is 10.1. The molecule has 1 saturated heterocycles. The summed E-state index contributed by atoms with van der Waals surface area (Å²) in [5.41, 5.74) is 1.88. The van der Waals surface area contributed by atoms with Gasteiger partial charge in [0, 0.05) is 24.8 Å². The van der Waals surface area contributed by atoms with Crippen LogP contribution in [0.4, 0.5) is 10.5 Å². The van der Waals surface area contributed by atoms with Crippen molar-refractivity contribution in [3.63, 3.8) is 0 Å². The van der Waals surface area contributed by atoms with Crippen LogP contribution in [-0.4, -0.2) is 51.7 Å². The van der Waals surface area contributed by atoms with Crippen LogP contribution in [0, 0.1) is 0 Å². The molecule has 1 saturated carbocycles. The number of hydrogen-bond donors (Lipinski definition) is 1. The maximum atomic E-state index is 12.9. The summed E-state index contributed by atoms with van der Waals surface area (Å²) in [7, 11) is 0. The van der Waals surface area contributed by atoms with Crippen molar-refractivity contribution in [1.29, 1.82) is 0 Å². The highest BCUT2D eigenvalue weighted by atomic mass is 16.6. The van der Waals surface area contributed by atoms with Crippen molar-refractivity contribution in [2.24, 2.45) is 0 Å². The molecule has 2 fully saturated rings. The molecule has 0 unspecified atom stereocenters. The topological polar surface area (TPSA) is 78.5 Å². The lowest BCUT2D eigenvalue weighted by atomic mass is 9.90. The molecule has 150 valence electrons. The van der Waals surface area contributed by atoms with E-state index in [-0.39, 0.29) is 17.7 Å². The maximum Gasteiger partial charge on any atom is 0.410 e. The Morgan fingerprint density at radius 3 is 2.71 bits per heavy atom. The molecule has 1 aromatic carbocycles. The molecule has 7 nitrogen and oxygen atoms in total. The number of aromatic amines is 1. The van der Waals surface area contributed by atoms with Crippen LogP contribution in [0.15, 0.2) is 29.2 Å². The molecule has 0 spiro atoms. The average Bonchev–Trinajstić information content (AvgIpc) is 3.05. The molecule has 1 N–H and O–H groups in total. The van der Waals surface area contributed by atoms with Crippen LogP contribution in [0.25, 0.3) is 11.0 Å². The summed E-state index contributed by atoms with van der Waals surface area (Å²) in [5, 5.41) is 0. The number of nitrogens with one attached hydrogen (secondary N) is 1. The van der Waals surface area contributed by atoms with Crippen LogP contribution in [-0.2, 0) is 4.74 Å². The summed E-state index contributed by atoms with van der Waals surface area (Å²) < 4.78 is 5.70. The van der Waals surface area contributed by atoms with Gasteiger partial charge in [-0.25, -0.2) is 9.78 Å². The van der Waals surface area contributed by atoms with Gasteiger partial charge in [-0.1, -0.05) is 0 Å². The normalized spacial score (nSPS) is 20.2. The maximum absolute atomic E-state index is 12.9. The van der Waals surface area contributed by atoms with Gasteiger partial charge in [0.15, 0.2) is 0 Å². The number of amides is 1. The highest BCUT2D eigenvalue weighted by Gasteiger charge is 2.39. The first-order chi connectivity index (χ1) is 13.3. The van der Waals surface area contributed by atoms with E-state index in [0.717, 1.165) is 49.1 Å². The smallest absolute Gasteiger partial charge is 0.410 e. The van der Waals surface area contributed by atoms with Crippen molar-refractivity contribution >= 4 is 22.8 Å². The average molecular weight is 384 g/mol. The fourth-order valence-corrected chi connectivity index (χ4v) is 4.00. The fourth-order valence-electron chi connectivity index (χ4n) is 4.00. The van der Waals surface area contributed by atoms with E-state index < -0.39 is 5.60 Å². The summed E-state index contributed by atoms with van der Waals surface area (Å²) in [4.78, 5) is 35.6. The van der Waals surface area contributed by atoms with Crippen LogP contribution in [0.1, 0.15) is 46.5 Å². The monoisotopic (exact) mass is 384 g/mol. The SMILES string of the molecule is CC(C)(C)OC(=O)N(C1CCC1)[C@@H]1CCN(c2ccc3[nH]c(=O)cnc3c2)C1. The summed E-state index contributed by atoms with van der Waals surface area (Å²) in [5.74, 6) is 0. The van der Waals surface area contributed by atoms with Gasteiger partial charge in [0.2, 0.25) is 0 Å². The zero-order chi connectivity index (χ0) is 19.9. The number of carbonyl (C=O) groups excluding carboxylic acids is 1. The van der Waals surface area contributed by atoms with Gasteiger partial charge < -0.3 is 19.5 Å². The molecule has 1 aliphatic carbocycles. The Hall–Kier alpha value is -2.57. The fraction of sp³-hybridized carbons (Fsp3) is 0.571. The number of fused-ring (bicyclic) bond motifs is 1. The van der Waals surface area contributed by atoms with Crippen LogP contribution in [0.3, 0.4) is 0 Å². The van der Waals surface area contributed by atoms with Crippen molar-refractivity contribution in [2.75, 3.05) is 18.0 Å². The Balaban J connectivity index is 1.52. The number of aromatic nitrogens is 2. The highest BCUT2D eigenvalue weighted by Crippen LogP contribution is 2.32. The second kappa shape index (κ2) is 7.11. The number of ether oxygens (including phenoxy) is 1. The lowest BCUT2D eigenvalue weighted by molar-refractivity contribution is -0.00350. The van der Waals surface area contributed by atoms with Crippen molar-refractivity contribution in [2.45, 2.75) is 64.1 Å². The highest BCUT2D eigenvalue weighted by molar-refractivity contribution is 5.78. The minimum absolute atomic E-state index is 0.152. The Kier molecular flexibility index (Phi) is 4.77. The van der Waals surface area contributed by atoms with Gasteiger partial charge in [0.25, 0.3) is 5.56 Å². The molecule has 7 heteroatoms. The molecule has 2 aromatic rings. The number of hydrogen-bond acceptors (Lipinski definition) is 5. The zero-order valence-corrected chi connectivity index (χ0v) is 16.8. The molecule has 0 radical (unpaired) electrons. The molecular weight excluding hydrogens is 356 g/mol. The van der Waals surface area contributed by atoms with Crippen molar-refractivity contribution in [3.05, 3.63) is 34.7 Å². The Labute approximate surface area is 164 Å². The molecule has 1 amide bonds. The number of rotatable bonds is 3. The van der Waals surface area contributed by atoms with Crippen molar-refractivity contribution in [3.8, 4) is 0 Å². The molecule has 1 aromatic heterocycles. The summed E-state index contributed by atoms with van der Waals surface area (Å²) in [6, 6.07) is 6.34. The zero-order valence-electron chi connectivity index (χ0n) is 16.8. The number of benzene rings is 1.